The van der Waals surface area contributed by atoms with Crippen LogP contribution >= 0.6 is 0 Å². The van der Waals surface area contributed by atoms with Gasteiger partial charge in [0, 0.05) is 42.4 Å². The summed E-state index contributed by atoms with van der Waals surface area (Å²) < 4.78 is 16.0. The molecule has 3 heterocycles. The van der Waals surface area contributed by atoms with Gasteiger partial charge in [-0.2, -0.15) is 0 Å². The van der Waals surface area contributed by atoms with E-state index in [1.807, 2.05) is 0 Å². The lowest BCUT2D eigenvalue weighted by atomic mass is 10.1. The summed E-state index contributed by atoms with van der Waals surface area (Å²) in [5.74, 6) is -0.449. The van der Waals surface area contributed by atoms with Crippen LogP contribution in [-0.2, 0) is 4.74 Å². The van der Waals surface area contributed by atoms with Crippen LogP contribution in [0.25, 0.3) is 22.4 Å². The zero-order valence-electron chi connectivity index (χ0n) is 17.3. The first-order valence-electron chi connectivity index (χ1n) is 9.82. The maximum atomic E-state index is 12.5. The molecule has 3 aromatic heterocycles. The summed E-state index contributed by atoms with van der Waals surface area (Å²) in [6.07, 6.45) is 3.48. The number of benzene rings is 1. The highest BCUT2D eigenvalue weighted by Crippen LogP contribution is 2.32. The Labute approximate surface area is 185 Å². The number of pyridine rings is 2. The first-order valence-corrected chi connectivity index (χ1v) is 9.82. The summed E-state index contributed by atoms with van der Waals surface area (Å²) in [5, 5.41) is 2.42. The monoisotopic (exact) mass is 447 g/mol. The number of amides is 1. The predicted molar refractivity (Wildman–Crippen MR) is 118 cm³/mol. The van der Waals surface area contributed by atoms with Crippen molar-refractivity contribution in [3.8, 4) is 17.1 Å². The Morgan fingerprint density at radius 1 is 1.12 bits per heavy atom. The summed E-state index contributed by atoms with van der Waals surface area (Å²) in [6, 6.07) is 9.86. The molecule has 10 heteroatoms. The van der Waals surface area contributed by atoms with Crippen molar-refractivity contribution in [1.29, 1.82) is 0 Å². The zero-order valence-corrected chi connectivity index (χ0v) is 17.3. The molecule has 0 spiro atoms. The number of aromatic amines is 1. The van der Waals surface area contributed by atoms with Crippen molar-refractivity contribution in [2.75, 3.05) is 11.9 Å². The van der Waals surface area contributed by atoms with Crippen LogP contribution in [-0.4, -0.2) is 28.6 Å². The molecule has 4 rings (SSSR count). The molecule has 0 aliphatic rings. The van der Waals surface area contributed by atoms with E-state index in [1.165, 1.54) is 42.9 Å². The molecule has 0 unspecified atom stereocenters. The van der Waals surface area contributed by atoms with Crippen LogP contribution in [0.5, 0.6) is 5.75 Å². The van der Waals surface area contributed by atoms with E-state index >= 15 is 0 Å². The molecule has 0 atom stereocenters. The number of carbonyl (C=O) groups is 2. The Balaban J connectivity index is 1.76. The molecule has 0 saturated carbocycles. The number of hydrogen-bond acceptors (Lipinski definition) is 8. The quantitative estimate of drug-likeness (QED) is 0.351. The second kappa shape index (κ2) is 9.18. The Kier molecular flexibility index (Phi) is 5.98. The van der Waals surface area contributed by atoms with Gasteiger partial charge in [-0.05, 0) is 31.2 Å². The van der Waals surface area contributed by atoms with Crippen molar-refractivity contribution in [3.63, 3.8) is 0 Å². The molecule has 10 nitrogen and oxygen atoms in total. The van der Waals surface area contributed by atoms with Crippen LogP contribution in [0.15, 0.2) is 75.1 Å². The highest BCUT2D eigenvalue weighted by molar-refractivity contribution is 5.93. The molecule has 0 saturated heterocycles. The van der Waals surface area contributed by atoms with E-state index in [9.17, 15) is 19.2 Å². The lowest BCUT2D eigenvalue weighted by Gasteiger charge is -2.13. The molecule has 0 aliphatic heterocycles. The summed E-state index contributed by atoms with van der Waals surface area (Å²) in [7, 11) is 0. The molecule has 0 fully saturated rings. The minimum absolute atomic E-state index is 0.0147. The smallest absolute Gasteiger partial charge is 0.411 e. The Morgan fingerprint density at radius 3 is 2.73 bits per heavy atom. The Bertz CT molecular complexity index is 1460. The van der Waals surface area contributed by atoms with Gasteiger partial charge in [-0.1, -0.05) is 0 Å². The number of esters is 1. The van der Waals surface area contributed by atoms with Gasteiger partial charge in [-0.25, -0.2) is 9.59 Å². The summed E-state index contributed by atoms with van der Waals surface area (Å²) in [5.41, 5.74) is -0.349. The maximum Gasteiger partial charge on any atom is 0.411 e. The Morgan fingerprint density at radius 2 is 1.97 bits per heavy atom. The molecule has 1 amide bonds. The SMILES string of the molecule is CCOC(=O)Nc1cc(OC(=O)c2cccnc2)ccc1-c1cc(=O)c2c(=O)cc[nH]c2o1. The van der Waals surface area contributed by atoms with Gasteiger partial charge in [0.05, 0.1) is 17.9 Å². The van der Waals surface area contributed by atoms with Crippen LogP contribution in [0.2, 0.25) is 0 Å². The number of ether oxygens (including phenoxy) is 2. The average molecular weight is 447 g/mol. The number of anilines is 1. The van der Waals surface area contributed by atoms with Crippen LogP contribution < -0.4 is 20.9 Å². The number of hydrogen-bond donors (Lipinski definition) is 2. The van der Waals surface area contributed by atoms with E-state index in [1.54, 1.807) is 19.1 Å². The third kappa shape index (κ3) is 4.64. The first kappa shape index (κ1) is 21.5. The number of H-pyrrole nitrogens is 1. The van der Waals surface area contributed by atoms with Crippen molar-refractivity contribution in [2.45, 2.75) is 6.92 Å². The third-order valence-corrected chi connectivity index (χ3v) is 4.52. The van der Waals surface area contributed by atoms with E-state index in [0.29, 0.717) is 5.56 Å². The molecule has 1 aromatic carbocycles. The van der Waals surface area contributed by atoms with E-state index in [4.69, 9.17) is 13.9 Å². The van der Waals surface area contributed by atoms with E-state index < -0.39 is 22.9 Å². The summed E-state index contributed by atoms with van der Waals surface area (Å²) >= 11 is 0. The lowest BCUT2D eigenvalue weighted by Crippen LogP contribution is -2.15. The van der Waals surface area contributed by atoms with Crippen molar-refractivity contribution in [1.82, 2.24) is 9.97 Å². The van der Waals surface area contributed by atoms with Gasteiger partial charge in [0.25, 0.3) is 0 Å². The molecule has 33 heavy (non-hydrogen) atoms. The predicted octanol–water partition coefficient (Wildman–Crippen LogP) is 3.33. The number of fused-ring (bicyclic) bond motifs is 1. The van der Waals surface area contributed by atoms with E-state index in [-0.39, 0.29) is 40.5 Å². The van der Waals surface area contributed by atoms with E-state index in [2.05, 4.69) is 15.3 Å². The van der Waals surface area contributed by atoms with Gasteiger partial charge in [-0.15, -0.1) is 0 Å². The van der Waals surface area contributed by atoms with Crippen molar-refractivity contribution in [2.24, 2.45) is 0 Å². The molecular weight excluding hydrogens is 430 g/mol. The highest BCUT2D eigenvalue weighted by atomic mass is 16.5. The fourth-order valence-corrected chi connectivity index (χ4v) is 3.07. The summed E-state index contributed by atoms with van der Waals surface area (Å²) in [6.45, 7) is 1.77. The molecular formula is C23H17N3O7. The molecule has 2 N–H and O–H groups in total. The minimum Gasteiger partial charge on any atom is -0.450 e. The fraction of sp³-hybridized carbons (Fsp3) is 0.0870. The number of rotatable bonds is 5. The average Bonchev–Trinajstić information content (AvgIpc) is 2.80. The van der Waals surface area contributed by atoms with Gasteiger partial charge in [0.2, 0.25) is 5.71 Å². The van der Waals surface area contributed by atoms with Crippen molar-refractivity contribution < 1.29 is 23.5 Å². The topological polar surface area (TPSA) is 141 Å². The third-order valence-electron chi connectivity index (χ3n) is 4.52. The number of carbonyl (C=O) groups excluding carboxylic acids is 2. The highest BCUT2D eigenvalue weighted by Gasteiger charge is 2.17. The first-order chi connectivity index (χ1) is 16.0. The second-order valence-corrected chi connectivity index (χ2v) is 6.71. The van der Waals surface area contributed by atoms with Crippen molar-refractivity contribution in [3.05, 3.63) is 87.1 Å². The molecule has 4 aromatic rings. The lowest BCUT2D eigenvalue weighted by molar-refractivity contribution is 0.0734. The largest absolute Gasteiger partial charge is 0.450 e. The van der Waals surface area contributed by atoms with E-state index in [0.717, 1.165) is 6.07 Å². The minimum atomic E-state index is -0.758. The van der Waals surface area contributed by atoms with Gasteiger partial charge >= 0.3 is 12.1 Å². The van der Waals surface area contributed by atoms with Crippen LogP contribution in [0.3, 0.4) is 0 Å². The second-order valence-electron chi connectivity index (χ2n) is 6.71. The standard InChI is InChI=1S/C23H17N3O7/c1-2-31-23(30)26-16-10-14(32-22(29)13-4-3-8-24-12-13)5-6-15(16)19-11-18(28)20-17(27)7-9-25-21(20)33-19/h3-12H,2H2,1H3,(H,25,27)(H,26,30). The number of nitrogens with one attached hydrogen (secondary N) is 2. The fourth-order valence-electron chi connectivity index (χ4n) is 3.07. The normalized spacial score (nSPS) is 10.6. The number of aromatic nitrogens is 2. The number of nitrogens with zero attached hydrogens (tertiary/aromatic N) is 1. The van der Waals surface area contributed by atoms with Gasteiger partial charge in [0.1, 0.15) is 16.9 Å². The zero-order chi connectivity index (χ0) is 23.4. The van der Waals surface area contributed by atoms with Crippen LogP contribution in [0.4, 0.5) is 10.5 Å². The van der Waals surface area contributed by atoms with Gasteiger partial charge in [0.15, 0.2) is 10.9 Å². The molecule has 0 aliphatic carbocycles. The van der Waals surface area contributed by atoms with Crippen LogP contribution in [0, 0.1) is 0 Å². The Hall–Kier alpha value is -4.73. The molecule has 0 bridgehead atoms. The van der Waals surface area contributed by atoms with Crippen molar-refractivity contribution >= 4 is 28.8 Å². The molecule has 0 radical (unpaired) electrons. The maximum absolute atomic E-state index is 12.5. The van der Waals surface area contributed by atoms with Crippen LogP contribution in [0.1, 0.15) is 17.3 Å². The summed E-state index contributed by atoms with van der Waals surface area (Å²) in [4.78, 5) is 55.6. The molecule has 166 valence electrons. The van der Waals surface area contributed by atoms with Gasteiger partial charge < -0.3 is 18.9 Å². The van der Waals surface area contributed by atoms with Gasteiger partial charge in [-0.3, -0.25) is 19.9 Å².